The molecule has 2 nitrogen and oxygen atoms in total. The average Bonchev–Trinajstić information content (AvgIpc) is 2.65. The Labute approximate surface area is 109 Å². The van der Waals surface area contributed by atoms with E-state index in [1.807, 2.05) is 0 Å². The number of hydrogen-bond donors (Lipinski definition) is 2. The lowest BCUT2D eigenvalue weighted by Gasteiger charge is -2.31. The summed E-state index contributed by atoms with van der Waals surface area (Å²) in [5.74, 6) is 0.592. The molecule has 0 spiro atoms. The third kappa shape index (κ3) is 1.85. The SMILES string of the molecule is CC(C)c1ccc2[nH]c3c(c2c1)CC(C)(C)NC3. The van der Waals surface area contributed by atoms with Crippen molar-refractivity contribution < 1.29 is 0 Å². The Morgan fingerprint density at radius 3 is 2.72 bits per heavy atom. The van der Waals surface area contributed by atoms with Crippen LogP contribution in [0.3, 0.4) is 0 Å². The Kier molecular flexibility index (Phi) is 2.53. The van der Waals surface area contributed by atoms with Gasteiger partial charge in [0.25, 0.3) is 0 Å². The summed E-state index contributed by atoms with van der Waals surface area (Å²) in [7, 11) is 0. The predicted molar refractivity (Wildman–Crippen MR) is 77.0 cm³/mol. The molecule has 1 aromatic heterocycles. The number of fused-ring (bicyclic) bond motifs is 3. The van der Waals surface area contributed by atoms with Crippen LogP contribution in [0.25, 0.3) is 10.9 Å². The van der Waals surface area contributed by atoms with Gasteiger partial charge in [-0.3, -0.25) is 0 Å². The number of hydrogen-bond acceptors (Lipinski definition) is 1. The van der Waals surface area contributed by atoms with Crippen molar-refractivity contribution in [3.8, 4) is 0 Å². The zero-order valence-corrected chi connectivity index (χ0v) is 11.7. The molecule has 0 saturated carbocycles. The maximum absolute atomic E-state index is 3.58. The normalized spacial score (nSPS) is 18.3. The molecule has 0 saturated heterocycles. The first-order chi connectivity index (χ1) is 8.46. The van der Waals surface area contributed by atoms with Crippen molar-refractivity contribution in [2.45, 2.75) is 52.1 Å². The largest absolute Gasteiger partial charge is 0.357 e. The van der Waals surface area contributed by atoms with Crippen LogP contribution < -0.4 is 5.32 Å². The molecule has 2 N–H and O–H groups in total. The van der Waals surface area contributed by atoms with Crippen LogP contribution in [-0.2, 0) is 13.0 Å². The molecule has 0 amide bonds. The molecule has 1 aliphatic heterocycles. The van der Waals surface area contributed by atoms with E-state index in [1.165, 1.54) is 27.7 Å². The Hall–Kier alpha value is -1.28. The van der Waals surface area contributed by atoms with Crippen LogP contribution in [0.5, 0.6) is 0 Å². The molecule has 2 heterocycles. The second-order valence-corrected chi connectivity index (χ2v) is 6.46. The van der Waals surface area contributed by atoms with E-state index in [1.54, 1.807) is 0 Å². The molecule has 0 bridgehead atoms. The van der Waals surface area contributed by atoms with Gasteiger partial charge in [0.15, 0.2) is 0 Å². The summed E-state index contributed by atoms with van der Waals surface area (Å²) in [6.45, 7) is 10.0. The Morgan fingerprint density at radius 1 is 1.22 bits per heavy atom. The predicted octanol–water partition coefficient (Wildman–Crippen LogP) is 3.72. The minimum atomic E-state index is 0.204. The van der Waals surface area contributed by atoms with Gasteiger partial charge in [0.05, 0.1) is 0 Å². The summed E-state index contributed by atoms with van der Waals surface area (Å²) in [5.41, 5.74) is 5.79. The Balaban J connectivity index is 2.17. The highest BCUT2D eigenvalue weighted by atomic mass is 15.0. The van der Waals surface area contributed by atoms with E-state index >= 15 is 0 Å². The average molecular weight is 242 g/mol. The van der Waals surface area contributed by atoms with Gasteiger partial charge in [-0.15, -0.1) is 0 Å². The van der Waals surface area contributed by atoms with Gasteiger partial charge in [0.1, 0.15) is 0 Å². The summed E-state index contributed by atoms with van der Waals surface area (Å²) < 4.78 is 0. The fourth-order valence-corrected chi connectivity index (χ4v) is 2.87. The van der Waals surface area contributed by atoms with Gasteiger partial charge in [0.2, 0.25) is 0 Å². The number of nitrogens with one attached hydrogen (secondary N) is 2. The third-order valence-electron chi connectivity index (χ3n) is 4.05. The molecule has 3 rings (SSSR count). The highest BCUT2D eigenvalue weighted by Gasteiger charge is 2.27. The molecular weight excluding hydrogens is 220 g/mol. The van der Waals surface area contributed by atoms with Gasteiger partial charge in [-0.05, 0) is 49.4 Å². The minimum Gasteiger partial charge on any atom is -0.357 e. The number of aromatic nitrogens is 1. The van der Waals surface area contributed by atoms with E-state index in [-0.39, 0.29) is 5.54 Å². The minimum absolute atomic E-state index is 0.204. The molecule has 2 aromatic rings. The molecule has 0 aliphatic carbocycles. The monoisotopic (exact) mass is 242 g/mol. The third-order valence-corrected chi connectivity index (χ3v) is 4.05. The zero-order valence-electron chi connectivity index (χ0n) is 11.7. The molecule has 0 atom stereocenters. The number of aromatic amines is 1. The van der Waals surface area contributed by atoms with Crippen LogP contribution in [0.1, 0.15) is 50.4 Å². The van der Waals surface area contributed by atoms with E-state index in [0.29, 0.717) is 5.92 Å². The van der Waals surface area contributed by atoms with Crippen molar-refractivity contribution in [2.75, 3.05) is 0 Å². The standard InChI is InChI=1S/C16H22N2/c1-10(2)11-5-6-14-12(7-11)13-8-16(3,4)17-9-15(13)18-14/h5-7,10,17-18H,8-9H2,1-4H3. The van der Waals surface area contributed by atoms with Crippen molar-refractivity contribution in [3.05, 3.63) is 35.0 Å². The lowest BCUT2D eigenvalue weighted by Crippen LogP contribution is -2.44. The van der Waals surface area contributed by atoms with Crippen LogP contribution in [0.2, 0.25) is 0 Å². The topological polar surface area (TPSA) is 27.8 Å². The molecule has 0 fully saturated rings. The second-order valence-electron chi connectivity index (χ2n) is 6.46. The molecular formula is C16H22N2. The van der Waals surface area contributed by atoms with Gasteiger partial charge >= 0.3 is 0 Å². The van der Waals surface area contributed by atoms with Crippen molar-refractivity contribution in [2.24, 2.45) is 0 Å². The van der Waals surface area contributed by atoms with Crippen molar-refractivity contribution in [3.63, 3.8) is 0 Å². The number of benzene rings is 1. The fourth-order valence-electron chi connectivity index (χ4n) is 2.87. The van der Waals surface area contributed by atoms with Gasteiger partial charge in [-0.25, -0.2) is 0 Å². The van der Waals surface area contributed by atoms with Crippen LogP contribution in [-0.4, -0.2) is 10.5 Å². The number of H-pyrrole nitrogens is 1. The smallest absolute Gasteiger partial charge is 0.0459 e. The lowest BCUT2D eigenvalue weighted by atomic mass is 9.89. The van der Waals surface area contributed by atoms with E-state index in [2.05, 4.69) is 56.2 Å². The molecule has 1 aliphatic rings. The zero-order chi connectivity index (χ0) is 12.9. The summed E-state index contributed by atoms with van der Waals surface area (Å²) in [4.78, 5) is 3.56. The van der Waals surface area contributed by atoms with E-state index < -0.39 is 0 Å². The van der Waals surface area contributed by atoms with Crippen molar-refractivity contribution >= 4 is 10.9 Å². The molecule has 0 unspecified atom stereocenters. The highest BCUT2D eigenvalue weighted by Crippen LogP contribution is 2.31. The molecule has 0 radical (unpaired) electrons. The van der Waals surface area contributed by atoms with Crippen molar-refractivity contribution in [1.29, 1.82) is 0 Å². The van der Waals surface area contributed by atoms with Crippen LogP contribution in [0.4, 0.5) is 0 Å². The first-order valence-electron chi connectivity index (χ1n) is 6.85. The highest BCUT2D eigenvalue weighted by molar-refractivity contribution is 5.86. The summed E-state index contributed by atoms with van der Waals surface area (Å²) >= 11 is 0. The van der Waals surface area contributed by atoms with Crippen LogP contribution in [0, 0.1) is 0 Å². The first kappa shape index (κ1) is 11.8. The van der Waals surface area contributed by atoms with Crippen LogP contribution >= 0.6 is 0 Å². The summed E-state index contributed by atoms with van der Waals surface area (Å²) in [6.07, 6.45) is 1.10. The summed E-state index contributed by atoms with van der Waals surface area (Å²) in [5, 5.41) is 5.00. The van der Waals surface area contributed by atoms with Gasteiger partial charge in [0, 0.05) is 28.7 Å². The van der Waals surface area contributed by atoms with E-state index in [0.717, 1.165) is 13.0 Å². The number of rotatable bonds is 1. The second kappa shape index (κ2) is 3.86. The van der Waals surface area contributed by atoms with Crippen LogP contribution in [0.15, 0.2) is 18.2 Å². The van der Waals surface area contributed by atoms with Gasteiger partial charge in [-0.1, -0.05) is 19.9 Å². The van der Waals surface area contributed by atoms with E-state index in [9.17, 15) is 0 Å². The molecule has 96 valence electrons. The summed E-state index contributed by atoms with van der Waals surface area (Å²) in [6, 6.07) is 6.85. The quantitative estimate of drug-likeness (QED) is 0.783. The molecule has 1 aromatic carbocycles. The van der Waals surface area contributed by atoms with Crippen molar-refractivity contribution in [1.82, 2.24) is 10.3 Å². The maximum atomic E-state index is 3.58. The fraction of sp³-hybridized carbons (Fsp3) is 0.500. The van der Waals surface area contributed by atoms with Gasteiger partial charge in [-0.2, -0.15) is 0 Å². The van der Waals surface area contributed by atoms with Gasteiger partial charge < -0.3 is 10.3 Å². The molecule has 18 heavy (non-hydrogen) atoms. The Morgan fingerprint density at radius 2 is 2.00 bits per heavy atom. The Bertz CT molecular complexity index is 590. The first-order valence-corrected chi connectivity index (χ1v) is 6.85. The van der Waals surface area contributed by atoms with E-state index in [4.69, 9.17) is 0 Å². The molecule has 2 heteroatoms. The maximum Gasteiger partial charge on any atom is 0.0459 e. The lowest BCUT2D eigenvalue weighted by molar-refractivity contribution is 0.361.